The highest BCUT2D eigenvalue weighted by Gasteiger charge is 2.32. The molecule has 9 heteroatoms. The zero-order valence-electron chi connectivity index (χ0n) is 18.1. The van der Waals surface area contributed by atoms with E-state index >= 15 is 0 Å². The van der Waals surface area contributed by atoms with Crippen LogP contribution >= 0.6 is 11.6 Å². The van der Waals surface area contributed by atoms with Crippen molar-refractivity contribution in [3.63, 3.8) is 0 Å². The largest absolute Gasteiger partial charge is 0.497 e. The summed E-state index contributed by atoms with van der Waals surface area (Å²) < 4.78 is 44.2. The van der Waals surface area contributed by atoms with Gasteiger partial charge in [-0.15, -0.1) is 0 Å². The minimum absolute atomic E-state index is 0.00799. The molecule has 1 saturated carbocycles. The third-order valence-electron chi connectivity index (χ3n) is 6.25. The van der Waals surface area contributed by atoms with Crippen molar-refractivity contribution >= 4 is 23.3 Å². The molecule has 1 heterocycles. The van der Waals surface area contributed by atoms with E-state index in [9.17, 15) is 18.0 Å². The number of aliphatic imine (C=N–C) groups is 1. The summed E-state index contributed by atoms with van der Waals surface area (Å²) in [5, 5.41) is 6.31. The first kappa shape index (κ1) is 23.4. The highest BCUT2D eigenvalue weighted by molar-refractivity contribution is 6.33. The molecule has 1 amide bonds. The van der Waals surface area contributed by atoms with Crippen molar-refractivity contribution in [1.29, 1.82) is 0 Å². The molecule has 2 N–H and O–H groups in total. The topological polar surface area (TPSA) is 62.7 Å². The lowest BCUT2D eigenvalue weighted by Crippen LogP contribution is -2.40. The smallest absolute Gasteiger partial charge is 0.416 e. The molecule has 1 fully saturated rings. The van der Waals surface area contributed by atoms with Gasteiger partial charge in [0.25, 0.3) is 5.91 Å². The number of hydrogen-bond donors (Lipinski definition) is 2. The maximum atomic E-state index is 13.0. The molecule has 176 valence electrons. The Kier molecular flexibility index (Phi) is 6.83. The number of methoxy groups -OCH3 is 1. The molecular formula is C24H25ClF3N3O2. The number of halogens is 4. The van der Waals surface area contributed by atoms with E-state index < -0.39 is 17.6 Å². The second-order valence-electron chi connectivity index (χ2n) is 8.45. The van der Waals surface area contributed by atoms with Crippen LogP contribution in [0, 0.1) is 5.92 Å². The summed E-state index contributed by atoms with van der Waals surface area (Å²) in [6.07, 6.45) is -1.21. The van der Waals surface area contributed by atoms with Crippen LogP contribution in [0.4, 0.5) is 13.2 Å². The van der Waals surface area contributed by atoms with Crippen molar-refractivity contribution in [2.24, 2.45) is 10.9 Å². The normalized spacial score (nSPS) is 20.1. The van der Waals surface area contributed by atoms with E-state index in [2.05, 4.69) is 15.6 Å². The average Bonchev–Trinajstić information content (AvgIpc) is 3.20. The van der Waals surface area contributed by atoms with E-state index in [-0.39, 0.29) is 16.6 Å². The number of carbonyl (C=O) groups is 1. The van der Waals surface area contributed by atoms with Crippen molar-refractivity contribution in [2.45, 2.75) is 44.4 Å². The average molecular weight is 480 g/mol. The highest BCUT2D eigenvalue weighted by Crippen LogP contribution is 2.32. The number of hydrogen-bond acceptors (Lipinski definition) is 4. The Morgan fingerprint density at radius 3 is 2.61 bits per heavy atom. The van der Waals surface area contributed by atoms with Crippen LogP contribution in [-0.4, -0.2) is 31.4 Å². The van der Waals surface area contributed by atoms with Gasteiger partial charge in [0.15, 0.2) is 0 Å². The van der Waals surface area contributed by atoms with Crippen molar-refractivity contribution in [3.05, 3.63) is 63.7 Å². The molecule has 0 radical (unpaired) electrons. The lowest BCUT2D eigenvalue weighted by Gasteiger charge is -2.29. The zero-order chi connectivity index (χ0) is 23.6. The van der Waals surface area contributed by atoms with E-state index in [1.54, 1.807) is 7.11 Å². The van der Waals surface area contributed by atoms with Gasteiger partial charge in [0.05, 0.1) is 29.8 Å². The molecule has 0 spiro atoms. The molecule has 0 unspecified atom stereocenters. The minimum Gasteiger partial charge on any atom is -0.497 e. The van der Waals surface area contributed by atoms with Gasteiger partial charge in [0.2, 0.25) is 0 Å². The number of rotatable bonds is 5. The van der Waals surface area contributed by atoms with Crippen LogP contribution in [0.25, 0.3) is 0 Å². The fourth-order valence-corrected chi connectivity index (χ4v) is 4.55. The van der Waals surface area contributed by atoms with Crippen molar-refractivity contribution in [3.8, 4) is 5.75 Å². The quantitative estimate of drug-likeness (QED) is 0.619. The molecular weight excluding hydrogens is 455 g/mol. The van der Waals surface area contributed by atoms with Gasteiger partial charge in [0.1, 0.15) is 11.6 Å². The number of nitrogens with zero attached hydrogens (tertiary/aromatic N) is 1. The fraction of sp³-hybridized carbons (Fsp3) is 0.417. The number of amidine groups is 1. The first-order chi connectivity index (χ1) is 15.7. The lowest BCUT2D eigenvalue weighted by molar-refractivity contribution is -0.137. The molecule has 0 saturated heterocycles. The number of amides is 1. The van der Waals surface area contributed by atoms with Crippen LogP contribution in [0.3, 0.4) is 0 Å². The molecule has 5 nitrogen and oxygen atoms in total. The minimum atomic E-state index is -4.53. The monoisotopic (exact) mass is 479 g/mol. The number of fused-ring (bicyclic) bond motifs is 1. The summed E-state index contributed by atoms with van der Waals surface area (Å²) in [7, 11) is 1.64. The predicted octanol–water partition coefficient (Wildman–Crippen LogP) is 5.21. The maximum Gasteiger partial charge on any atom is 0.416 e. The first-order valence-electron chi connectivity index (χ1n) is 10.9. The zero-order valence-corrected chi connectivity index (χ0v) is 18.9. The predicted molar refractivity (Wildman–Crippen MR) is 121 cm³/mol. The molecule has 2 aliphatic rings. The van der Waals surface area contributed by atoms with E-state index in [0.29, 0.717) is 12.5 Å². The fourth-order valence-electron chi connectivity index (χ4n) is 4.35. The van der Waals surface area contributed by atoms with Gasteiger partial charge >= 0.3 is 6.18 Å². The summed E-state index contributed by atoms with van der Waals surface area (Å²) in [4.78, 5) is 17.1. The number of benzene rings is 2. The SMILES string of the molecule is COc1ccc2c(c1)CN=C2NCC1CCC(NC(=O)c2cc(C(F)(F)F)ccc2Cl)CC1. The second-order valence-corrected chi connectivity index (χ2v) is 8.86. The van der Waals surface area contributed by atoms with Gasteiger partial charge in [-0.2, -0.15) is 13.2 Å². The summed E-state index contributed by atoms with van der Waals surface area (Å²) in [5.74, 6) is 1.57. The molecule has 0 bridgehead atoms. The Morgan fingerprint density at radius 1 is 1.15 bits per heavy atom. The van der Waals surface area contributed by atoms with Crippen LogP contribution in [0.1, 0.15) is 52.7 Å². The number of alkyl halides is 3. The van der Waals surface area contributed by atoms with Crippen LogP contribution < -0.4 is 15.4 Å². The van der Waals surface area contributed by atoms with E-state index in [0.717, 1.165) is 73.1 Å². The first-order valence-corrected chi connectivity index (χ1v) is 11.3. The molecule has 1 aliphatic heterocycles. The summed E-state index contributed by atoms with van der Waals surface area (Å²) in [6, 6.07) is 8.64. The van der Waals surface area contributed by atoms with Crippen molar-refractivity contribution in [1.82, 2.24) is 10.6 Å². The second kappa shape index (κ2) is 9.63. The van der Waals surface area contributed by atoms with Crippen LogP contribution in [0.5, 0.6) is 5.75 Å². The van der Waals surface area contributed by atoms with E-state index in [1.807, 2.05) is 18.2 Å². The van der Waals surface area contributed by atoms with Gasteiger partial charge < -0.3 is 15.4 Å². The Morgan fingerprint density at radius 2 is 1.91 bits per heavy atom. The summed E-state index contributed by atoms with van der Waals surface area (Å²) in [6.45, 7) is 1.41. The highest BCUT2D eigenvalue weighted by atomic mass is 35.5. The van der Waals surface area contributed by atoms with E-state index in [4.69, 9.17) is 16.3 Å². The summed E-state index contributed by atoms with van der Waals surface area (Å²) in [5.41, 5.74) is 1.19. The molecule has 2 aromatic carbocycles. The molecule has 33 heavy (non-hydrogen) atoms. The van der Waals surface area contributed by atoms with Gasteiger partial charge in [-0.1, -0.05) is 11.6 Å². The van der Waals surface area contributed by atoms with Crippen LogP contribution in [-0.2, 0) is 12.7 Å². The summed E-state index contributed by atoms with van der Waals surface area (Å²) >= 11 is 5.98. The Balaban J connectivity index is 1.27. The van der Waals surface area contributed by atoms with Gasteiger partial charge in [0, 0.05) is 18.2 Å². The van der Waals surface area contributed by atoms with Gasteiger partial charge in [-0.3, -0.25) is 9.79 Å². The van der Waals surface area contributed by atoms with Crippen molar-refractivity contribution < 1.29 is 22.7 Å². The number of carbonyl (C=O) groups excluding carboxylic acids is 1. The number of ether oxygens (including phenoxy) is 1. The molecule has 0 aromatic heterocycles. The standard InChI is InChI=1S/C24H25ClF3N3O2/c1-33-18-7-8-19-15(10-18)13-30-22(19)29-12-14-2-5-17(6-3-14)31-23(32)20-11-16(24(26,27)28)4-9-21(20)25/h4,7-11,14,17H,2-3,5-6,12-13H2,1H3,(H,29,30)(H,31,32). The van der Waals surface area contributed by atoms with E-state index in [1.165, 1.54) is 0 Å². The van der Waals surface area contributed by atoms with Gasteiger partial charge in [-0.05, 0) is 73.6 Å². The molecule has 1 aliphatic carbocycles. The van der Waals surface area contributed by atoms with Gasteiger partial charge in [-0.25, -0.2) is 0 Å². The third kappa shape index (κ3) is 5.43. The van der Waals surface area contributed by atoms with Crippen LogP contribution in [0.15, 0.2) is 41.4 Å². The Labute approximate surface area is 195 Å². The Hall–Kier alpha value is -2.74. The third-order valence-corrected chi connectivity index (χ3v) is 6.58. The Bertz CT molecular complexity index is 1060. The maximum absolute atomic E-state index is 13.0. The lowest BCUT2D eigenvalue weighted by atomic mass is 9.85. The molecule has 0 atom stereocenters. The molecule has 2 aromatic rings. The van der Waals surface area contributed by atoms with Crippen molar-refractivity contribution in [2.75, 3.05) is 13.7 Å². The molecule has 4 rings (SSSR count). The van der Waals surface area contributed by atoms with Crippen LogP contribution in [0.2, 0.25) is 5.02 Å². The number of nitrogens with one attached hydrogen (secondary N) is 2.